The Morgan fingerprint density at radius 2 is 0.729 bits per heavy atom. The van der Waals surface area contributed by atoms with Gasteiger partial charge in [0.2, 0.25) is 0 Å². The van der Waals surface area contributed by atoms with Crippen LogP contribution in [0.2, 0.25) is 0 Å². The van der Waals surface area contributed by atoms with Crippen molar-refractivity contribution in [3.05, 3.63) is 24.3 Å². The van der Waals surface area contributed by atoms with Crippen molar-refractivity contribution in [1.82, 2.24) is 0 Å². The maximum absolute atomic E-state index is 12.9. The van der Waals surface area contributed by atoms with E-state index in [1.165, 1.54) is 148 Å². The first-order chi connectivity index (χ1) is 34.2. The Morgan fingerprint density at radius 3 is 1.11 bits per heavy atom. The molecular weight excluding hydrogens is 904 g/mol. The lowest BCUT2D eigenvalue weighted by Gasteiger charge is -2.21. The number of hydrogen-bond donors (Lipinski definition) is 2. The Hall–Kier alpha value is -2.04. The number of esters is 3. The average Bonchev–Trinajstić information content (AvgIpc) is 3.35. The molecule has 0 spiro atoms. The minimum atomic E-state index is -4.74. The summed E-state index contributed by atoms with van der Waals surface area (Å²) in [6.07, 6.45) is 52.7. The van der Waals surface area contributed by atoms with E-state index in [4.69, 9.17) is 23.3 Å². The molecule has 0 bridgehead atoms. The lowest BCUT2D eigenvalue weighted by Crippen LogP contribution is -2.30. The van der Waals surface area contributed by atoms with Gasteiger partial charge in [-0.2, -0.15) is 0 Å². The molecule has 0 aromatic heterocycles. The van der Waals surface area contributed by atoms with Crippen LogP contribution in [0.15, 0.2) is 24.3 Å². The van der Waals surface area contributed by atoms with Gasteiger partial charge in [0.15, 0.2) is 6.10 Å². The van der Waals surface area contributed by atoms with E-state index in [9.17, 15) is 28.9 Å². The predicted molar refractivity (Wildman–Crippen MR) is 289 cm³/mol. The maximum Gasteiger partial charge on any atom is 0.472 e. The van der Waals surface area contributed by atoms with Gasteiger partial charge in [0, 0.05) is 19.3 Å². The summed E-state index contributed by atoms with van der Waals surface area (Å²) in [5.41, 5.74) is 0. The second-order valence-corrected chi connectivity index (χ2v) is 21.3. The van der Waals surface area contributed by atoms with Gasteiger partial charge in [-0.15, -0.1) is 0 Å². The molecule has 12 heteroatoms. The number of phosphoric acid groups is 1. The topological polar surface area (TPSA) is 155 Å². The second-order valence-electron chi connectivity index (χ2n) is 19.8. The Morgan fingerprint density at radius 1 is 0.400 bits per heavy atom. The van der Waals surface area contributed by atoms with Gasteiger partial charge in [0.25, 0.3) is 0 Å². The molecule has 0 aliphatic heterocycles. The Balaban J connectivity index is 4.69. The van der Waals surface area contributed by atoms with Crippen molar-refractivity contribution < 1.29 is 52.2 Å². The molecule has 0 saturated carbocycles. The van der Waals surface area contributed by atoms with Crippen LogP contribution in [-0.4, -0.2) is 66.5 Å². The number of aliphatic hydroxyl groups excluding tert-OH is 1. The first kappa shape index (κ1) is 68.0. The molecule has 0 aliphatic rings. The zero-order valence-corrected chi connectivity index (χ0v) is 46.4. The monoisotopic (exact) mass is 1010 g/mol. The lowest BCUT2D eigenvalue weighted by atomic mass is 10.0. The first-order valence-electron chi connectivity index (χ1n) is 29.2. The molecule has 0 saturated heterocycles. The van der Waals surface area contributed by atoms with E-state index in [0.717, 1.165) is 83.5 Å². The molecule has 412 valence electrons. The third-order valence-electron chi connectivity index (χ3n) is 12.9. The molecule has 0 fully saturated rings. The van der Waals surface area contributed by atoms with Crippen molar-refractivity contribution in [2.75, 3.05) is 26.4 Å². The van der Waals surface area contributed by atoms with Crippen molar-refractivity contribution in [2.24, 2.45) is 0 Å². The van der Waals surface area contributed by atoms with Crippen molar-refractivity contribution in [1.29, 1.82) is 0 Å². The van der Waals surface area contributed by atoms with Crippen LogP contribution in [0, 0.1) is 0 Å². The van der Waals surface area contributed by atoms with E-state index in [1.54, 1.807) is 0 Å². The molecule has 3 atom stereocenters. The van der Waals surface area contributed by atoms with Gasteiger partial charge in [-0.1, -0.05) is 251 Å². The van der Waals surface area contributed by atoms with Crippen molar-refractivity contribution >= 4 is 25.7 Å². The van der Waals surface area contributed by atoms with E-state index in [2.05, 4.69) is 45.1 Å². The summed E-state index contributed by atoms with van der Waals surface area (Å²) >= 11 is 0. The molecule has 0 aliphatic carbocycles. The number of unbranched alkanes of at least 4 members (excludes halogenated alkanes) is 34. The minimum Gasteiger partial charge on any atom is -0.462 e. The predicted octanol–water partition coefficient (Wildman–Crippen LogP) is 17.0. The molecule has 0 amide bonds. The van der Waals surface area contributed by atoms with Crippen LogP contribution in [0.1, 0.15) is 290 Å². The summed E-state index contributed by atoms with van der Waals surface area (Å²) in [6.45, 7) is 4.62. The van der Waals surface area contributed by atoms with Gasteiger partial charge in [-0.25, -0.2) is 4.57 Å². The number of carbonyl (C=O) groups excluding carboxylic acids is 3. The zero-order chi connectivity index (χ0) is 51.3. The Kier molecular flexibility index (Phi) is 51.7. The number of allylic oxidation sites excluding steroid dienone is 4. The molecule has 0 rings (SSSR count). The van der Waals surface area contributed by atoms with Crippen LogP contribution < -0.4 is 0 Å². The van der Waals surface area contributed by atoms with E-state index in [-0.39, 0.29) is 25.9 Å². The third kappa shape index (κ3) is 50.9. The summed E-state index contributed by atoms with van der Waals surface area (Å²) < 4.78 is 39.5. The summed E-state index contributed by atoms with van der Waals surface area (Å²) in [7, 11) is -4.74. The van der Waals surface area contributed by atoms with Crippen LogP contribution in [0.3, 0.4) is 0 Å². The molecule has 11 nitrogen and oxygen atoms in total. The standard InChI is InChI=1S/C58H109O11P/c1-4-7-10-13-16-19-22-25-27-30-32-35-38-41-44-47-56(60)65-51-55(69-58(62)49-46-43-40-37-34-31-28-26-23-20-17-14-11-8-5-2)53-67-70(63,64)66-52-54(50-59)68-57(61)48-45-42-39-36-33-29-24-21-18-15-12-9-6-3/h12,15,21,24,54-55,59H,4-11,13-14,16-20,22-23,25-53H2,1-3H3,(H,63,64)/b15-12-,24-21-. The third-order valence-corrected chi connectivity index (χ3v) is 13.8. The molecule has 0 heterocycles. The van der Waals surface area contributed by atoms with Crippen LogP contribution in [0.4, 0.5) is 0 Å². The molecule has 0 radical (unpaired) electrons. The number of hydrogen-bond acceptors (Lipinski definition) is 10. The molecule has 0 aromatic carbocycles. The number of carbonyl (C=O) groups is 3. The highest BCUT2D eigenvalue weighted by Crippen LogP contribution is 2.43. The SMILES string of the molecule is CCC/C=C\C/C=C\CCCCCCCC(=O)OC(CO)COP(=O)(O)OCC(COC(=O)CCCCCCCCCCCCCCCCC)OC(=O)CCCCCCCCCCCCCCCCC. The fraction of sp³-hybridized carbons (Fsp3) is 0.879. The Labute approximate surface area is 429 Å². The lowest BCUT2D eigenvalue weighted by molar-refractivity contribution is -0.161. The first-order valence-corrected chi connectivity index (χ1v) is 30.7. The normalized spacial score (nSPS) is 13.5. The fourth-order valence-corrected chi connectivity index (χ4v) is 9.18. The smallest absolute Gasteiger partial charge is 0.462 e. The highest BCUT2D eigenvalue weighted by Gasteiger charge is 2.28. The zero-order valence-electron chi connectivity index (χ0n) is 45.5. The van der Waals surface area contributed by atoms with Crippen LogP contribution in [-0.2, 0) is 42.2 Å². The maximum atomic E-state index is 12.9. The minimum absolute atomic E-state index is 0.165. The Bertz CT molecular complexity index is 1270. The summed E-state index contributed by atoms with van der Waals surface area (Å²) in [5, 5.41) is 9.80. The van der Waals surface area contributed by atoms with Crippen molar-refractivity contribution in [3.8, 4) is 0 Å². The van der Waals surface area contributed by atoms with Crippen LogP contribution in [0.25, 0.3) is 0 Å². The fourth-order valence-electron chi connectivity index (χ4n) is 8.40. The molecular formula is C58H109O11P. The molecule has 70 heavy (non-hydrogen) atoms. The van der Waals surface area contributed by atoms with Crippen molar-refractivity contribution in [2.45, 2.75) is 303 Å². The summed E-state index contributed by atoms with van der Waals surface area (Å²) in [4.78, 5) is 48.5. The number of aliphatic hydroxyl groups is 1. The molecule has 2 N–H and O–H groups in total. The van der Waals surface area contributed by atoms with Gasteiger partial charge < -0.3 is 24.2 Å². The van der Waals surface area contributed by atoms with Gasteiger partial charge >= 0.3 is 25.7 Å². The van der Waals surface area contributed by atoms with Gasteiger partial charge in [-0.05, 0) is 44.9 Å². The highest BCUT2D eigenvalue weighted by atomic mass is 31.2. The van der Waals surface area contributed by atoms with Gasteiger partial charge in [0.05, 0.1) is 19.8 Å². The largest absolute Gasteiger partial charge is 0.472 e. The number of rotatable bonds is 55. The summed E-state index contributed by atoms with van der Waals surface area (Å²) in [5.74, 6) is -1.45. The number of ether oxygens (including phenoxy) is 3. The van der Waals surface area contributed by atoms with Crippen molar-refractivity contribution in [3.63, 3.8) is 0 Å². The van der Waals surface area contributed by atoms with E-state index in [0.29, 0.717) is 19.3 Å². The molecule has 0 aromatic rings. The van der Waals surface area contributed by atoms with Crippen LogP contribution in [0.5, 0.6) is 0 Å². The highest BCUT2D eigenvalue weighted by molar-refractivity contribution is 7.47. The van der Waals surface area contributed by atoms with Gasteiger partial charge in [-0.3, -0.25) is 23.4 Å². The number of phosphoric ester groups is 1. The van der Waals surface area contributed by atoms with E-state index in [1.807, 2.05) is 0 Å². The van der Waals surface area contributed by atoms with Gasteiger partial charge in [0.1, 0.15) is 12.7 Å². The summed E-state index contributed by atoms with van der Waals surface area (Å²) in [6, 6.07) is 0. The van der Waals surface area contributed by atoms with E-state index >= 15 is 0 Å². The quantitative estimate of drug-likeness (QED) is 0.0197. The van der Waals surface area contributed by atoms with E-state index < -0.39 is 57.8 Å². The molecule has 3 unspecified atom stereocenters. The van der Waals surface area contributed by atoms with Crippen LogP contribution >= 0.6 is 7.82 Å². The second kappa shape index (κ2) is 53.3. The average molecular weight is 1010 g/mol.